The van der Waals surface area contributed by atoms with E-state index in [-0.39, 0.29) is 24.4 Å². The van der Waals surface area contributed by atoms with Crippen molar-refractivity contribution in [2.24, 2.45) is 0 Å². The van der Waals surface area contributed by atoms with Crippen LogP contribution in [0.25, 0.3) is 11.3 Å². The van der Waals surface area contributed by atoms with Gasteiger partial charge in [0.1, 0.15) is 17.0 Å². The second kappa shape index (κ2) is 7.34. The van der Waals surface area contributed by atoms with Gasteiger partial charge in [-0.25, -0.2) is 0 Å². The van der Waals surface area contributed by atoms with Crippen LogP contribution in [0.15, 0.2) is 28.8 Å². The Morgan fingerprint density at radius 1 is 1.43 bits per heavy atom. The third-order valence-electron chi connectivity index (χ3n) is 4.11. The molecule has 0 saturated carbocycles. The Balaban J connectivity index is 0.00000192. The molecule has 5 nitrogen and oxygen atoms in total. The Kier molecular flexibility index (Phi) is 5.68. The first kappa shape index (κ1) is 17.8. The third kappa shape index (κ3) is 3.37. The first-order valence-electron chi connectivity index (χ1n) is 7.28. The number of carbonyl (C=O) groups excluding carboxylic acids is 1. The van der Waals surface area contributed by atoms with Crippen LogP contribution in [0.4, 0.5) is 0 Å². The van der Waals surface area contributed by atoms with E-state index in [2.05, 4.69) is 10.5 Å². The van der Waals surface area contributed by atoms with Crippen molar-refractivity contribution in [1.29, 1.82) is 0 Å². The van der Waals surface area contributed by atoms with E-state index < -0.39 is 0 Å². The van der Waals surface area contributed by atoms with Crippen molar-refractivity contribution in [2.75, 3.05) is 20.1 Å². The van der Waals surface area contributed by atoms with Crippen LogP contribution >= 0.6 is 24.0 Å². The highest BCUT2D eigenvalue weighted by Gasteiger charge is 2.30. The highest BCUT2D eigenvalue weighted by Crippen LogP contribution is 2.32. The van der Waals surface area contributed by atoms with Gasteiger partial charge in [-0.2, -0.15) is 0 Å². The van der Waals surface area contributed by atoms with Crippen molar-refractivity contribution in [3.63, 3.8) is 0 Å². The molecule has 23 heavy (non-hydrogen) atoms. The predicted octanol–water partition coefficient (Wildman–Crippen LogP) is 3.16. The number of halogens is 2. The van der Waals surface area contributed by atoms with E-state index in [0.29, 0.717) is 27.6 Å². The monoisotopic (exact) mass is 355 g/mol. The number of amides is 1. The number of aromatic nitrogens is 1. The maximum Gasteiger partial charge on any atom is 0.259 e. The van der Waals surface area contributed by atoms with E-state index in [1.807, 2.05) is 25.2 Å². The second-order valence-corrected chi connectivity index (χ2v) is 5.91. The van der Waals surface area contributed by atoms with Crippen molar-refractivity contribution < 1.29 is 9.32 Å². The molecule has 3 rings (SSSR count). The van der Waals surface area contributed by atoms with Gasteiger partial charge in [0.15, 0.2) is 0 Å². The van der Waals surface area contributed by atoms with Crippen molar-refractivity contribution in [2.45, 2.75) is 19.4 Å². The molecule has 1 aliphatic rings. The van der Waals surface area contributed by atoms with Crippen LogP contribution in [0.5, 0.6) is 0 Å². The minimum absolute atomic E-state index is 0. The van der Waals surface area contributed by atoms with Crippen molar-refractivity contribution in [3.05, 3.63) is 40.6 Å². The number of hydrogen-bond donors (Lipinski definition) is 1. The molecule has 1 aliphatic heterocycles. The normalized spacial score (nSPS) is 16.9. The van der Waals surface area contributed by atoms with Crippen LogP contribution in [0.2, 0.25) is 5.02 Å². The van der Waals surface area contributed by atoms with E-state index in [1.165, 1.54) is 0 Å². The summed E-state index contributed by atoms with van der Waals surface area (Å²) in [4.78, 5) is 14.6. The summed E-state index contributed by atoms with van der Waals surface area (Å²) in [5, 5.41) is 7.87. The van der Waals surface area contributed by atoms with Crippen molar-refractivity contribution in [1.82, 2.24) is 15.4 Å². The molecule has 0 radical (unpaired) electrons. The lowest BCUT2D eigenvalue weighted by molar-refractivity contribution is 0.0742. The van der Waals surface area contributed by atoms with E-state index in [4.69, 9.17) is 16.1 Å². The summed E-state index contributed by atoms with van der Waals surface area (Å²) >= 11 is 6.23. The largest absolute Gasteiger partial charge is 0.360 e. The van der Waals surface area contributed by atoms with Gasteiger partial charge in [0, 0.05) is 25.2 Å². The molecule has 124 valence electrons. The molecule has 1 saturated heterocycles. The van der Waals surface area contributed by atoms with Gasteiger partial charge in [0.25, 0.3) is 5.91 Å². The molecule has 1 N–H and O–H groups in total. The lowest BCUT2D eigenvalue weighted by atomic mass is 10.0. The molecule has 1 unspecified atom stereocenters. The van der Waals surface area contributed by atoms with Crippen molar-refractivity contribution >= 4 is 29.9 Å². The fourth-order valence-electron chi connectivity index (χ4n) is 2.77. The van der Waals surface area contributed by atoms with Gasteiger partial charge in [-0.1, -0.05) is 35.0 Å². The zero-order valence-electron chi connectivity index (χ0n) is 13.0. The maximum atomic E-state index is 12.9. The number of rotatable bonds is 3. The van der Waals surface area contributed by atoms with Crippen LogP contribution in [-0.2, 0) is 0 Å². The molecule has 1 aromatic heterocycles. The topological polar surface area (TPSA) is 58.4 Å². The van der Waals surface area contributed by atoms with Gasteiger partial charge >= 0.3 is 0 Å². The third-order valence-corrected chi connectivity index (χ3v) is 4.44. The molecule has 0 bridgehead atoms. The summed E-state index contributed by atoms with van der Waals surface area (Å²) in [6, 6.07) is 7.52. The molecule has 1 aromatic carbocycles. The highest BCUT2D eigenvalue weighted by atomic mass is 35.5. The molecule has 1 fully saturated rings. The van der Waals surface area contributed by atoms with Gasteiger partial charge in [-0.05, 0) is 26.0 Å². The molecule has 7 heteroatoms. The van der Waals surface area contributed by atoms with Gasteiger partial charge < -0.3 is 14.7 Å². The summed E-state index contributed by atoms with van der Waals surface area (Å²) in [6.07, 6.45) is 0.952. The van der Waals surface area contributed by atoms with Crippen LogP contribution in [0, 0.1) is 6.92 Å². The van der Waals surface area contributed by atoms with Gasteiger partial charge in [-0.3, -0.25) is 4.79 Å². The van der Waals surface area contributed by atoms with E-state index >= 15 is 0 Å². The average molecular weight is 356 g/mol. The fourth-order valence-corrected chi connectivity index (χ4v) is 3.00. The van der Waals surface area contributed by atoms with Crippen LogP contribution in [0.1, 0.15) is 22.5 Å². The molecule has 0 aliphatic carbocycles. The maximum absolute atomic E-state index is 12.9. The zero-order chi connectivity index (χ0) is 15.7. The Morgan fingerprint density at radius 2 is 2.17 bits per heavy atom. The Bertz CT molecular complexity index is 696. The zero-order valence-corrected chi connectivity index (χ0v) is 14.6. The van der Waals surface area contributed by atoms with Crippen LogP contribution in [-0.4, -0.2) is 42.1 Å². The van der Waals surface area contributed by atoms with Gasteiger partial charge in [0.05, 0.1) is 5.02 Å². The number of likely N-dealkylation sites (N-methyl/N-ethyl adjacent to an activating group) is 1. The summed E-state index contributed by atoms with van der Waals surface area (Å²) in [6.45, 7) is 3.50. The summed E-state index contributed by atoms with van der Waals surface area (Å²) in [5.41, 5.74) is 1.70. The fraction of sp³-hybridized carbons (Fsp3) is 0.375. The second-order valence-electron chi connectivity index (χ2n) is 5.50. The molecule has 1 atom stereocenters. The summed E-state index contributed by atoms with van der Waals surface area (Å²) in [5.74, 6) is 0.431. The van der Waals surface area contributed by atoms with Crippen LogP contribution in [0.3, 0.4) is 0 Å². The lowest BCUT2D eigenvalue weighted by Crippen LogP contribution is -2.38. The number of aryl methyl sites for hydroxylation is 1. The number of nitrogens with one attached hydrogen (secondary N) is 1. The number of carbonyl (C=O) groups is 1. The molecular weight excluding hydrogens is 337 g/mol. The minimum atomic E-state index is -0.0811. The van der Waals surface area contributed by atoms with Crippen LogP contribution < -0.4 is 5.32 Å². The highest BCUT2D eigenvalue weighted by molar-refractivity contribution is 6.33. The lowest BCUT2D eigenvalue weighted by Gasteiger charge is -2.23. The predicted molar refractivity (Wildman–Crippen MR) is 92.3 cm³/mol. The quantitative estimate of drug-likeness (QED) is 0.918. The van der Waals surface area contributed by atoms with E-state index in [0.717, 1.165) is 19.5 Å². The molecule has 1 amide bonds. The first-order chi connectivity index (χ1) is 10.6. The Morgan fingerprint density at radius 3 is 2.83 bits per heavy atom. The molecular formula is C16H19Cl2N3O2. The number of benzene rings is 1. The van der Waals surface area contributed by atoms with E-state index in [9.17, 15) is 4.79 Å². The molecule has 2 heterocycles. The smallest absolute Gasteiger partial charge is 0.259 e. The Labute approximate surface area is 146 Å². The SMILES string of the molecule is Cc1onc(-c2ccccc2Cl)c1C(=O)N(C)C1CCNC1.Cl. The standard InChI is InChI=1S/C16H18ClN3O2.ClH/c1-10-14(16(21)20(2)11-7-8-18-9-11)15(19-22-10)12-5-3-4-6-13(12)17;/h3-6,11,18H,7-9H2,1-2H3;1H. The number of hydrogen-bond acceptors (Lipinski definition) is 4. The molecule has 0 spiro atoms. The number of nitrogens with zero attached hydrogens (tertiary/aromatic N) is 2. The minimum Gasteiger partial charge on any atom is -0.360 e. The van der Waals surface area contributed by atoms with Gasteiger partial charge in [-0.15, -0.1) is 12.4 Å². The summed E-state index contributed by atoms with van der Waals surface area (Å²) in [7, 11) is 1.82. The average Bonchev–Trinajstić information content (AvgIpc) is 3.16. The first-order valence-corrected chi connectivity index (χ1v) is 7.66. The Hall–Kier alpha value is -1.56. The summed E-state index contributed by atoms with van der Waals surface area (Å²) < 4.78 is 5.27. The van der Waals surface area contributed by atoms with Crippen molar-refractivity contribution in [3.8, 4) is 11.3 Å². The van der Waals surface area contributed by atoms with E-state index in [1.54, 1.807) is 17.9 Å². The molecule has 2 aromatic rings. The van der Waals surface area contributed by atoms with Gasteiger partial charge in [0.2, 0.25) is 0 Å².